The summed E-state index contributed by atoms with van der Waals surface area (Å²) < 4.78 is 38.4. The van der Waals surface area contributed by atoms with Crippen LogP contribution >= 0.6 is 11.6 Å². The summed E-state index contributed by atoms with van der Waals surface area (Å²) in [6, 6.07) is 15.3. The average Bonchev–Trinajstić information content (AvgIpc) is 2.74. The van der Waals surface area contributed by atoms with Gasteiger partial charge in [-0.2, -0.15) is 0 Å². The van der Waals surface area contributed by atoms with Gasteiger partial charge in [0.25, 0.3) is 15.9 Å². The normalized spacial score (nSPS) is 12.3. The molecule has 0 aliphatic rings. The van der Waals surface area contributed by atoms with E-state index in [-0.39, 0.29) is 16.3 Å². The number of halogens is 1. The zero-order chi connectivity index (χ0) is 21.9. The van der Waals surface area contributed by atoms with Gasteiger partial charge >= 0.3 is 0 Å². The lowest BCUT2D eigenvalue weighted by Gasteiger charge is -2.18. The second kappa shape index (κ2) is 9.05. The molecule has 0 saturated heterocycles. The molecule has 1 amide bonds. The van der Waals surface area contributed by atoms with Gasteiger partial charge in [0, 0.05) is 24.5 Å². The molecule has 30 heavy (non-hydrogen) atoms. The second-order valence-electron chi connectivity index (χ2n) is 6.27. The smallest absolute Gasteiger partial charge is 0.265 e. The summed E-state index contributed by atoms with van der Waals surface area (Å²) in [5.41, 5.74) is 0.682. The maximum Gasteiger partial charge on any atom is 0.265 e. The maximum absolute atomic E-state index is 12.9. The van der Waals surface area contributed by atoms with Crippen molar-refractivity contribution in [3.63, 3.8) is 0 Å². The van der Waals surface area contributed by atoms with Gasteiger partial charge in [0.2, 0.25) is 0 Å². The molecule has 1 aromatic heterocycles. The molecule has 1 atom stereocenters. The zero-order valence-electron chi connectivity index (χ0n) is 16.1. The first-order valence-electron chi connectivity index (χ1n) is 8.64. The van der Waals surface area contributed by atoms with Crippen molar-refractivity contribution in [2.45, 2.75) is 9.79 Å². The zero-order valence-corrected chi connectivity index (χ0v) is 18.5. The van der Waals surface area contributed by atoms with Crippen LogP contribution in [-0.2, 0) is 21.2 Å². The van der Waals surface area contributed by atoms with Gasteiger partial charge in [-0.1, -0.05) is 17.7 Å². The van der Waals surface area contributed by atoms with Crippen molar-refractivity contribution in [3.8, 4) is 0 Å². The molecular weight excluding hydrogens is 446 g/mol. The van der Waals surface area contributed by atoms with Crippen LogP contribution in [0.1, 0.15) is 10.4 Å². The number of aromatic nitrogens is 1. The molecule has 1 heterocycles. The molecule has 7 nitrogen and oxygen atoms in total. The number of sulfonamides is 1. The SMILES string of the molecule is CN(c1ccc(Cl)cn1)S(=O)(=O)c1cccc(C(=O)Nc2ccc([S+](C)[O-])cc2)c1. The Bertz CT molecular complexity index is 1150. The number of amides is 1. The van der Waals surface area contributed by atoms with Crippen LogP contribution in [-0.4, -0.2) is 37.2 Å². The lowest BCUT2D eigenvalue weighted by molar-refractivity contribution is 0.102. The molecule has 3 rings (SSSR count). The summed E-state index contributed by atoms with van der Waals surface area (Å²) in [4.78, 5) is 17.2. The molecule has 10 heteroatoms. The van der Waals surface area contributed by atoms with Gasteiger partial charge < -0.3 is 9.87 Å². The Labute approximate surface area is 182 Å². The highest BCUT2D eigenvalue weighted by molar-refractivity contribution is 7.92. The van der Waals surface area contributed by atoms with Crippen LogP contribution in [0.3, 0.4) is 0 Å². The summed E-state index contributed by atoms with van der Waals surface area (Å²) in [6.45, 7) is 0. The van der Waals surface area contributed by atoms with E-state index in [9.17, 15) is 17.8 Å². The number of benzene rings is 2. The van der Waals surface area contributed by atoms with Gasteiger partial charge in [-0.05, 0) is 65.8 Å². The van der Waals surface area contributed by atoms with Crippen LogP contribution in [0.2, 0.25) is 5.02 Å². The third-order valence-corrected chi connectivity index (χ3v) is 7.15. The van der Waals surface area contributed by atoms with Gasteiger partial charge in [-0.15, -0.1) is 0 Å². The van der Waals surface area contributed by atoms with E-state index in [0.29, 0.717) is 15.6 Å². The number of nitrogens with zero attached hydrogens (tertiary/aromatic N) is 2. The van der Waals surface area contributed by atoms with Crippen molar-refractivity contribution in [2.24, 2.45) is 0 Å². The predicted molar refractivity (Wildman–Crippen MR) is 118 cm³/mol. The number of anilines is 2. The summed E-state index contributed by atoms with van der Waals surface area (Å²) >= 11 is 4.69. The van der Waals surface area contributed by atoms with Crippen LogP contribution in [0, 0.1) is 0 Å². The number of hydrogen-bond acceptors (Lipinski definition) is 5. The minimum Gasteiger partial charge on any atom is -0.612 e. The monoisotopic (exact) mass is 463 g/mol. The number of carbonyl (C=O) groups is 1. The lowest BCUT2D eigenvalue weighted by Crippen LogP contribution is -2.27. The van der Waals surface area contributed by atoms with Crippen LogP contribution in [0.5, 0.6) is 0 Å². The number of pyridine rings is 1. The molecule has 0 radical (unpaired) electrons. The second-order valence-corrected chi connectivity index (χ2v) is 10.1. The van der Waals surface area contributed by atoms with E-state index in [1.807, 2.05) is 0 Å². The molecule has 2 aromatic carbocycles. The minimum atomic E-state index is -3.93. The summed E-state index contributed by atoms with van der Waals surface area (Å²) in [5.74, 6) is -0.271. The standard InChI is InChI=1S/C20H18ClN3O4S2/c1-24(19-11-6-15(21)13-22-19)30(27,28)18-5-3-4-14(12-18)20(25)23-16-7-9-17(10-8-16)29(2)26/h3-13H,1-2H3,(H,23,25). The van der Waals surface area contributed by atoms with Crippen molar-refractivity contribution in [2.75, 3.05) is 22.9 Å². The molecule has 0 bridgehead atoms. The minimum absolute atomic E-state index is 0.0499. The van der Waals surface area contributed by atoms with E-state index in [0.717, 1.165) is 4.31 Å². The first-order chi connectivity index (χ1) is 14.2. The number of rotatable bonds is 6. The van der Waals surface area contributed by atoms with E-state index in [1.54, 1.807) is 36.6 Å². The van der Waals surface area contributed by atoms with Crippen LogP contribution in [0.25, 0.3) is 0 Å². The van der Waals surface area contributed by atoms with Crippen molar-refractivity contribution < 1.29 is 17.8 Å². The van der Waals surface area contributed by atoms with Gasteiger partial charge in [0.1, 0.15) is 12.1 Å². The average molecular weight is 464 g/mol. The van der Waals surface area contributed by atoms with Crippen molar-refractivity contribution >= 4 is 50.2 Å². The summed E-state index contributed by atoms with van der Waals surface area (Å²) in [7, 11) is -2.56. The Hall–Kier alpha value is -2.59. The van der Waals surface area contributed by atoms with Gasteiger partial charge in [-0.3, -0.25) is 9.10 Å². The molecular formula is C20H18ClN3O4S2. The van der Waals surface area contributed by atoms with E-state index in [1.165, 1.54) is 43.6 Å². The highest BCUT2D eigenvalue weighted by atomic mass is 35.5. The fourth-order valence-electron chi connectivity index (χ4n) is 2.57. The third kappa shape index (κ3) is 4.93. The Morgan fingerprint density at radius 3 is 2.43 bits per heavy atom. The van der Waals surface area contributed by atoms with E-state index < -0.39 is 27.1 Å². The van der Waals surface area contributed by atoms with Gasteiger partial charge in [0.15, 0.2) is 4.90 Å². The Morgan fingerprint density at radius 2 is 1.83 bits per heavy atom. The molecule has 1 N–H and O–H groups in total. The first-order valence-corrected chi connectivity index (χ1v) is 12.0. The molecule has 0 aliphatic heterocycles. The quantitative estimate of drug-likeness (QED) is 0.563. The topological polar surface area (TPSA) is 102 Å². The van der Waals surface area contributed by atoms with Gasteiger partial charge in [-0.25, -0.2) is 13.4 Å². The molecule has 0 aliphatic carbocycles. The molecule has 3 aromatic rings. The Morgan fingerprint density at radius 1 is 1.13 bits per heavy atom. The summed E-state index contributed by atoms with van der Waals surface area (Å²) in [6.07, 6.45) is 2.92. The van der Waals surface area contributed by atoms with E-state index >= 15 is 0 Å². The number of hydrogen-bond donors (Lipinski definition) is 1. The van der Waals surface area contributed by atoms with Gasteiger partial charge in [0.05, 0.1) is 9.92 Å². The first kappa shape index (κ1) is 22.1. The molecule has 0 spiro atoms. The van der Waals surface area contributed by atoms with Crippen LogP contribution in [0.15, 0.2) is 76.7 Å². The lowest BCUT2D eigenvalue weighted by atomic mass is 10.2. The van der Waals surface area contributed by atoms with Crippen LogP contribution in [0.4, 0.5) is 11.5 Å². The fourth-order valence-corrected chi connectivity index (χ4v) is 4.39. The van der Waals surface area contributed by atoms with Crippen LogP contribution < -0.4 is 9.62 Å². The Balaban J connectivity index is 1.82. The maximum atomic E-state index is 12.9. The molecule has 0 saturated carbocycles. The summed E-state index contributed by atoms with van der Waals surface area (Å²) in [5, 5.41) is 3.09. The van der Waals surface area contributed by atoms with E-state index in [4.69, 9.17) is 11.6 Å². The van der Waals surface area contributed by atoms with E-state index in [2.05, 4.69) is 10.3 Å². The number of carbonyl (C=O) groups excluding carboxylic acids is 1. The third-order valence-electron chi connectivity index (χ3n) is 4.23. The fraction of sp³-hybridized carbons (Fsp3) is 0.100. The van der Waals surface area contributed by atoms with Crippen molar-refractivity contribution in [1.82, 2.24) is 4.98 Å². The molecule has 156 valence electrons. The molecule has 0 fully saturated rings. The highest BCUT2D eigenvalue weighted by Gasteiger charge is 2.23. The predicted octanol–water partition coefficient (Wildman–Crippen LogP) is 3.55. The largest absolute Gasteiger partial charge is 0.612 e. The highest BCUT2D eigenvalue weighted by Crippen LogP contribution is 2.22. The Kier molecular flexibility index (Phi) is 6.67. The van der Waals surface area contributed by atoms with Crippen molar-refractivity contribution in [1.29, 1.82) is 0 Å². The van der Waals surface area contributed by atoms with Crippen molar-refractivity contribution in [3.05, 3.63) is 77.4 Å². The molecule has 1 unspecified atom stereocenters. The number of nitrogens with one attached hydrogen (secondary N) is 1.